The van der Waals surface area contributed by atoms with E-state index in [-0.39, 0.29) is 11.9 Å². The van der Waals surface area contributed by atoms with E-state index in [1.54, 1.807) is 4.90 Å². The summed E-state index contributed by atoms with van der Waals surface area (Å²) >= 11 is 0. The highest BCUT2D eigenvalue weighted by Crippen LogP contribution is 2.17. The number of para-hydroxylation sites is 2. The zero-order valence-electron chi connectivity index (χ0n) is 14.0. The molecular formula is C17H24N4O2. The maximum absolute atomic E-state index is 12.5. The van der Waals surface area contributed by atoms with E-state index in [0.29, 0.717) is 18.9 Å². The standard InChI is InChI=1S/C17H24N4O2/c1-19-8-9-20(2)13(11-19)10-17(22)21(3)12-16-18-14-6-4-5-7-15(14)23-16/h4-7,13H,8-12H2,1-3H3. The number of carbonyl (C=O) groups is 1. The van der Waals surface area contributed by atoms with Crippen molar-refractivity contribution in [2.24, 2.45) is 0 Å². The maximum atomic E-state index is 12.5. The van der Waals surface area contributed by atoms with Crippen LogP contribution in [-0.2, 0) is 11.3 Å². The minimum Gasteiger partial charge on any atom is -0.439 e. The molecule has 23 heavy (non-hydrogen) atoms. The minimum atomic E-state index is 0.124. The van der Waals surface area contributed by atoms with Gasteiger partial charge in [-0.05, 0) is 26.2 Å². The van der Waals surface area contributed by atoms with Crippen molar-refractivity contribution in [2.45, 2.75) is 19.0 Å². The summed E-state index contributed by atoms with van der Waals surface area (Å²) in [5.74, 6) is 0.704. The summed E-state index contributed by atoms with van der Waals surface area (Å²) in [5.41, 5.74) is 1.59. The third kappa shape index (κ3) is 3.71. The Kier molecular flexibility index (Phi) is 4.63. The first kappa shape index (κ1) is 16.0. The molecule has 1 aliphatic heterocycles. The molecule has 6 nitrogen and oxygen atoms in total. The second-order valence-corrected chi connectivity index (χ2v) is 6.43. The Morgan fingerprint density at radius 3 is 2.91 bits per heavy atom. The molecule has 0 radical (unpaired) electrons. The molecule has 0 saturated carbocycles. The summed E-state index contributed by atoms with van der Waals surface area (Å²) < 4.78 is 5.69. The van der Waals surface area contributed by atoms with Gasteiger partial charge in [-0.25, -0.2) is 4.98 Å². The first-order chi connectivity index (χ1) is 11.0. The third-order valence-electron chi connectivity index (χ3n) is 4.53. The lowest BCUT2D eigenvalue weighted by molar-refractivity contribution is -0.132. The lowest BCUT2D eigenvalue weighted by atomic mass is 10.1. The van der Waals surface area contributed by atoms with Crippen molar-refractivity contribution < 1.29 is 9.21 Å². The quantitative estimate of drug-likeness (QED) is 0.854. The van der Waals surface area contributed by atoms with E-state index in [1.807, 2.05) is 31.3 Å². The normalized spacial score (nSPS) is 20.0. The number of aromatic nitrogens is 1. The van der Waals surface area contributed by atoms with E-state index in [2.05, 4.69) is 28.9 Å². The van der Waals surface area contributed by atoms with Crippen LogP contribution in [0.4, 0.5) is 0 Å². The maximum Gasteiger partial charge on any atom is 0.224 e. The zero-order valence-corrected chi connectivity index (χ0v) is 14.0. The van der Waals surface area contributed by atoms with Gasteiger partial charge in [-0.15, -0.1) is 0 Å². The van der Waals surface area contributed by atoms with Crippen LogP contribution in [0, 0.1) is 0 Å². The van der Waals surface area contributed by atoms with E-state index in [1.165, 1.54) is 0 Å². The Labute approximate surface area is 136 Å². The van der Waals surface area contributed by atoms with E-state index in [9.17, 15) is 4.79 Å². The van der Waals surface area contributed by atoms with Gasteiger partial charge in [0.05, 0.1) is 6.54 Å². The molecule has 0 aliphatic carbocycles. The number of oxazole rings is 1. The number of benzene rings is 1. The molecule has 2 heterocycles. The van der Waals surface area contributed by atoms with Crippen LogP contribution in [0.15, 0.2) is 28.7 Å². The number of piperazine rings is 1. The van der Waals surface area contributed by atoms with Crippen LogP contribution in [0.3, 0.4) is 0 Å². The molecule has 1 atom stereocenters. The van der Waals surface area contributed by atoms with Gasteiger partial charge < -0.3 is 19.1 Å². The molecule has 124 valence electrons. The molecule has 0 bridgehead atoms. The fourth-order valence-corrected chi connectivity index (χ4v) is 2.96. The van der Waals surface area contributed by atoms with Crippen LogP contribution in [0.1, 0.15) is 12.3 Å². The molecule has 1 amide bonds. The molecule has 0 spiro atoms. The fourth-order valence-electron chi connectivity index (χ4n) is 2.96. The molecule has 1 aliphatic rings. The lowest BCUT2D eigenvalue weighted by Gasteiger charge is -2.37. The number of likely N-dealkylation sites (N-methyl/N-ethyl adjacent to an activating group) is 2. The monoisotopic (exact) mass is 316 g/mol. The Balaban J connectivity index is 1.60. The second kappa shape index (κ2) is 6.68. The predicted molar refractivity (Wildman–Crippen MR) is 89.0 cm³/mol. The number of carbonyl (C=O) groups excluding carboxylic acids is 1. The number of amides is 1. The van der Waals surface area contributed by atoms with E-state index < -0.39 is 0 Å². The van der Waals surface area contributed by atoms with Crippen LogP contribution >= 0.6 is 0 Å². The molecule has 6 heteroatoms. The number of rotatable bonds is 4. The van der Waals surface area contributed by atoms with Gasteiger partial charge in [-0.2, -0.15) is 0 Å². The molecular weight excluding hydrogens is 292 g/mol. The highest BCUT2D eigenvalue weighted by Gasteiger charge is 2.26. The molecule has 1 unspecified atom stereocenters. The van der Waals surface area contributed by atoms with E-state index in [4.69, 9.17) is 4.42 Å². The fraction of sp³-hybridized carbons (Fsp3) is 0.529. The van der Waals surface area contributed by atoms with Gasteiger partial charge in [0.15, 0.2) is 5.58 Å². The number of fused-ring (bicyclic) bond motifs is 1. The van der Waals surface area contributed by atoms with E-state index in [0.717, 1.165) is 30.7 Å². The van der Waals surface area contributed by atoms with Crippen molar-refractivity contribution in [3.63, 3.8) is 0 Å². The van der Waals surface area contributed by atoms with Gasteiger partial charge in [-0.1, -0.05) is 12.1 Å². The largest absolute Gasteiger partial charge is 0.439 e. The molecule has 1 aromatic carbocycles. The molecule has 3 rings (SSSR count). The first-order valence-corrected chi connectivity index (χ1v) is 8.00. The van der Waals surface area contributed by atoms with Gasteiger partial charge in [0.1, 0.15) is 5.52 Å². The highest BCUT2D eigenvalue weighted by molar-refractivity contribution is 5.76. The summed E-state index contributed by atoms with van der Waals surface area (Å²) in [4.78, 5) is 23.2. The molecule has 1 saturated heterocycles. The van der Waals surface area contributed by atoms with Gasteiger partial charge in [-0.3, -0.25) is 4.79 Å². The van der Waals surface area contributed by atoms with Crippen LogP contribution in [0.5, 0.6) is 0 Å². The van der Waals surface area contributed by atoms with Gasteiger partial charge in [0.25, 0.3) is 0 Å². The van der Waals surface area contributed by atoms with Crippen molar-refractivity contribution in [1.82, 2.24) is 19.7 Å². The van der Waals surface area contributed by atoms with E-state index >= 15 is 0 Å². The molecule has 2 aromatic rings. The molecule has 1 aromatic heterocycles. The Morgan fingerprint density at radius 2 is 2.13 bits per heavy atom. The van der Waals surface area contributed by atoms with Crippen LogP contribution in [0.2, 0.25) is 0 Å². The molecule has 0 N–H and O–H groups in total. The zero-order chi connectivity index (χ0) is 16.4. The smallest absolute Gasteiger partial charge is 0.224 e. The van der Waals surface area contributed by atoms with Crippen LogP contribution < -0.4 is 0 Å². The van der Waals surface area contributed by atoms with Crippen LogP contribution in [-0.4, -0.2) is 72.4 Å². The van der Waals surface area contributed by atoms with Crippen molar-refractivity contribution in [3.8, 4) is 0 Å². The Bertz CT molecular complexity index is 651. The summed E-state index contributed by atoms with van der Waals surface area (Å²) in [5, 5.41) is 0. The minimum absolute atomic E-state index is 0.124. The summed E-state index contributed by atoms with van der Waals surface area (Å²) in [7, 11) is 6.00. The first-order valence-electron chi connectivity index (χ1n) is 8.00. The van der Waals surface area contributed by atoms with Crippen molar-refractivity contribution in [2.75, 3.05) is 40.8 Å². The van der Waals surface area contributed by atoms with Gasteiger partial charge in [0.2, 0.25) is 11.8 Å². The van der Waals surface area contributed by atoms with Crippen molar-refractivity contribution in [1.29, 1.82) is 0 Å². The lowest BCUT2D eigenvalue weighted by Crippen LogP contribution is -2.51. The topological polar surface area (TPSA) is 52.8 Å². The number of hydrogen-bond donors (Lipinski definition) is 0. The van der Waals surface area contributed by atoms with Gasteiger partial charge >= 0.3 is 0 Å². The SMILES string of the molecule is CN1CCN(C)C(CC(=O)N(C)Cc2nc3ccccc3o2)C1. The second-order valence-electron chi connectivity index (χ2n) is 6.43. The summed E-state index contributed by atoms with van der Waals surface area (Å²) in [6.45, 7) is 3.39. The van der Waals surface area contributed by atoms with Gasteiger partial charge in [0, 0.05) is 39.1 Å². The van der Waals surface area contributed by atoms with Crippen molar-refractivity contribution in [3.05, 3.63) is 30.2 Å². The Morgan fingerprint density at radius 1 is 1.35 bits per heavy atom. The highest BCUT2D eigenvalue weighted by atomic mass is 16.3. The number of nitrogens with zero attached hydrogens (tertiary/aromatic N) is 4. The summed E-state index contributed by atoms with van der Waals surface area (Å²) in [6, 6.07) is 7.92. The third-order valence-corrected chi connectivity index (χ3v) is 4.53. The summed E-state index contributed by atoms with van der Waals surface area (Å²) in [6.07, 6.45) is 0.525. The van der Waals surface area contributed by atoms with Crippen LogP contribution in [0.25, 0.3) is 11.1 Å². The number of hydrogen-bond acceptors (Lipinski definition) is 5. The average molecular weight is 316 g/mol. The Hall–Kier alpha value is -1.92. The predicted octanol–water partition coefficient (Wildman–Crippen LogP) is 1.42. The van der Waals surface area contributed by atoms with Crippen molar-refractivity contribution >= 4 is 17.0 Å². The molecule has 1 fully saturated rings. The average Bonchev–Trinajstić information content (AvgIpc) is 2.93.